The van der Waals surface area contributed by atoms with Crippen molar-refractivity contribution >= 4 is 23.2 Å². The van der Waals surface area contributed by atoms with Gasteiger partial charge < -0.3 is 24.0 Å². The van der Waals surface area contributed by atoms with Crippen molar-refractivity contribution in [1.29, 1.82) is 0 Å². The molecule has 2 amide bonds. The zero-order valence-corrected chi connectivity index (χ0v) is 21.5. The van der Waals surface area contributed by atoms with Crippen molar-refractivity contribution in [2.24, 2.45) is 5.92 Å². The molecule has 2 heterocycles. The molecule has 2 aromatic carbocycles. The maximum Gasteiger partial charge on any atom is 0.249 e. The van der Waals surface area contributed by atoms with Crippen molar-refractivity contribution in [3.8, 4) is 11.5 Å². The lowest BCUT2D eigenvalue weighted by atomic mass is 10.1. The molecule has 0 atom stereocenters. The summed E-state index contributed by atoms with van der Waals surface area (Å²) in [5.74, 6) is 1.31. The van der Waals surface area contributed by atoms with E-state index in [1.807, 2.05) is 79.9 Å². The number of nitrogens with zero attached hydrogens (tertiary/aromatic N) is 2. The summed E-state index contributed by atoms with van der Waals surface area (Å²) in [5.41, 5.74) is 1.94. The SMILES string of the molecule is CC(C)CN(CC(=O)N(Cc1ccc2c(c1)OCO2)Cc1cccs1)C(=O)COCc1ccccc1. The quantitative estimate of drug-likeness (QED) is 0.355. The lowest BCUT2D eigenvalue weighted by Gasteiger charge is -2.28. The molecule has 0 aliphatic carbocycles. The molecule has 1 aliphatic heterocycles. The van der Waals surface area contributed by atoms with E-state index >= 15 is 0 Å². The van der Waals surface area contributed by atoms with Crippen molar-refractivity contribution < 1.29 is 23.8 Å². The van der Waals surface area contributed by atoms with Crippen molar-refractivity contribution in [1.82, 2.24) is 9.80 Å². The number of rotatable bonds is 12. The normalized spacial score (nSPS) is 12.1. The third-order valence-corrected chi connectivity index (χ3v) is 6.55. The molecule has 1 aromatic heterocycles. The first kappa shape index (κ1) is 25.7. The molecule has 7 nitrogen and oxygen atoms in total. The van der Waals surface area contributed by atoms with Gasteiger partial charge in [-0.05, 0) is 40.6 Å². The lowest BCUT2D eigenvalue weighted by molar-refractivity contribution is -0.144. The van der Waals surface area contributed by atoms with Crippen LogP contribution in [0.2, 0.25) is 0 Å². The summed E-state index contributed by atoms with van der Waals surface area (Å²) in [7, 11) is 0. The summed E-state index contributed by atoms with van der Waals surface area (Å²) in [5, 5.41) is 2.00. The van der Waals surface area contributed by atoms with Gasteiger partial charge in [-0.2, -0.15) is 0 Å². The Morgan fingerprint density at radius 1 is 0.917 bits per heavy atom. The Kier molecular flexibility index (Phi) is 8.97. The second kappa shape index (κ2) is 12.6. The van der Waals surface area contributed by atoms with E-state index in [1.54, 1.807) is 21.1 Å². The van der Waals surface area contributed by atoms with Gasteiger partial charge in [-0.25, -0.2) is 0 Å². The van der Waals surface area contributed by atoms with E-state index in [1.165, 1.54) is 0 Å². The van der Waals surface area contributed by atoms with E-state index in [9.17, 15) is 9.59 Å². The molecule has 0 spiro atoms. The average molecular weight is 509 g/mol. The summed E-state index contributed by atoms with van der Waals surface area (Å²) in [6.45, 7) is 5.91. The number of hydrogen-bond acceptors (Lipinski definition) is 6. The average Bonchev–Trinajstić information content (AvgIpc) is 3.55. The Morgan fingerprint density at radius 3 is 2.47 bits per heavy atom. The molecular weight excluding hydrogens is 476 g/mol. The van der Waals surface area contributed by atoms with Gasteiger partial charge in [0.05, 0.1) is 19.7 Å². The highest BCUT2D eigenvalue weighted by atomic mass is 32.1. The molecule has 0 radical (unpaired) electrons. The van der Waals surface area contributed by atoms with Crippen LogP contribution in [0.4, 0.5) is 0 Å². The number of ether oxygens (including phenoxy) is 3. The van der Waals surface area contributed by atoms with Crippen molar-refractivity contribution in [3.05, 3.63) is 82.0 Å². The largest absolute Gasteiger partial charge is 0.454 e. The van der Waals surface area contributed by atoms with Crippen molar-refractivity contribution in [3.63, 3.8) is 0 Å². The van der Waals surface area contributed by atoms with Gasteiger partial charge in [-0.1, -0.05) is 56.3 Å². The molecule has 3 aromatic rings. The molecule has 8 heteroatoms. The number of amides is 2. The summed E-state index contributed by atoms with van der Waals surface area (Å²) in [6, 6.07) is 19.4. The number of hydrogen-bond donors (Lipinski definition) is 0. The van der Waals surface area contributed by atoms with Crippen LogP contribution in [0.15, 0.2) is 66.0 Å². The molecule has 190 valence electrons. The van der Waals surface area contributed by atoms with Crippen LogP contribution in [0.25, 0.3) is 0 Å². The van der Waals surface area contributed by atoms with Gasteiger partial charge in [0.25, 0.3) is 0 Å². The maximum atomic E-state index is 13.5. The fourth-order valence-corrected chi connectivity index (χ4v) is 4.68. The van der Waals surface area contributed by atoms with Gasteiger partial charge in [0.2, 0.25) is 18.6 Å². The number of carbonyl (C=O) groups excluding carboxylic acids is 2. The van der Waals surface area contributed by atoms with Gasteiger partial charge >= 0.3 is 0 Å². The van der Waals surface area contributed by atoms with Crippen LogP contribution in [0.3, 0.4) is 0 Å². The number of benzene rings is 2. The highest BCUT2D eigenvalue weighted by molar-refractivity contribution is 7.09. The lowest BCUT2D eigenvalue weighted by Crippen LogP contribution is -2.45. The minimum atomic E-state index is -0.188. The molecule has 0 saturated heterocycles. The Balaban J connectivity index is 1.42. The van der Waals surface area contributed by atoms with Gasteiger partial charge in [-0.15, -0.1) is 11.3 Å². The third-order valence-electron chi connectivity index (χ3n) is 5.69. The Bertz CT molecular complexity index is 1130. The smallest absolute Gasteiger partial charge is 0.249 e. The minimum Gasteiger partial charge on any atom is -0.454 e. The van der Waals surface area contributed by atoms with Crippen LogP contribution in [-0.2, 0) is 34.0 Å². The summed E-state index contributed by atoms with van der Waals surface area (Å²) < 4.78 is 16.6. The molecule has 0 saturated carbocycles. The van der Waals surface area contributed by atoms with Crippen molar-refractivity contribution in [2.75, 3.05) is 26.5 Å². The van der Waals surface area contributed by atoms with E-state index in [-0.39, 0.29) is 37.7 Å². The van der Waals surface area contributed by atoms with Gasteiger partial charge in [0, 0.05) is 18.0 Å². The zero-order valence-electron chi connectivity index (χ0n) is 20.7. The standard InChI is InChI=1S/C28H32N2O5S/c1-21(2)14-29(28(32)19-33-18-22-7-4-3-5-8-22)17-27(31)30(16-24-9-6-12-36-24)15-23-10-11-25-26(13-23)35-20-34-25/h3-13,21H,14-20H2,1-2H3. The fourth-order valence-electron chi connectivity index (χ4n) is 3.96. The minimum absolute atomic E-state index is 0.00162. The predicted octanol–water partition coefficient (Wildman–Crippen LogP) is 4.71. The van der Waals surface area contributed by atoms with E-state index in [4.69, 9.17) is 14.2 Å². The highest BCUT2D eigenvalue weighted by Gasteiger charge is 2.24. The Morgan fingerprint density at radius 2 is 1.72 bits per heavy atom. The number of fused-ring (bicyclic) bond motifs is 1. The topological polar surface area (TPSA) is 68.3 Å². The van der Waals surface area contributed by atoms with Crippen LogP contribution < -0.4 is 9.47 Å². The van der Waals surface area contributed by atoms with Gasteiger partial charge in [-0.3, -0.25) is 9.59 Å². The Hall–Kier alpha value is -3.36. The van der Waals surface area contributed by atoms with Crippen LogP contribution in [0.1, 0.15) is 29.9 Å². The number of thiophene rings is 1. The molecule has 0 N–H and O–H groups in total. The van der Waals surface area contributed by atoms with E-state index < -0.39 is 0 Å². The Labute approximate surface area is 216 Å². The van der Waals surface area contributed by atoms with Gasteiger partial charge in [0.15, 0.2) is 11.5 Å². The molecule has 0 unspecified atom stereocenters. The highest BCUT2D eigenvalue weighted by Crippen LogP contribution is 2.33. The summed E-state index contributed by atoms with van der Waals surface area (Å²) >= 11 is 1.61. The predicted molar refractivity (Wildman–Crippen MR) is 139 cm³/mol. The van der Waals surface area contributed by atoms with E-state index in [0.29, 0.717) is 37.7 Å². The van der Waals surface area contributed by atoms with E-state index in [0.717, 1.165) is 16.0 Å². The second-order valence-corrected chi connectivity index (χ2v) is 10.2. The molecule has 0 bridgehead atoms. The van der Waals surface area contributed by atoms with Crippen LogP contribution in [0, 0.1) is 5.92 Å². The first-order valence-corrected chi connectivity index (χ1v) is 12.9. The molecular formula is C28H32N2O5S. The fraction of sp³-hybridized carbons (Fsp3) is 0.357. The maximum absolute atomic E-state index is 13.5. The van der Waals surface area contributed by atoms with Crippen LogP contribution >= 0.6 is 11.3 Å². The summed E-state index contributed by atoms with van der Waals surface area (Å²) in [4.78, 5) is 31.0. The molecule has 0 fully saturated rings. The van der Waals surface area contributed by atoms with E-state index in [2.05, 4.69) is 0 Å². The molecule has 4 rings (SSSR count). The van der Waals surface area contributed by atoms with Crippen LogP contribution in [0.5, 0.6) is 11.5 Å². The second-order valence-electron chi connectivity index (χ2n) is 9.16. The first-order chi connectivity index (χ1) is 17.5. The molecule has 1 aliphatic rings. The van der Waals surface area contributed by atoms with Gasteiger partial charge in [0.1, 0.15) is 6.61 Å². The van der Waals surface area contributed by atoms with Crippen molar-refractivity contribution in [2.45, 2.75) is 33.5 Å². The molecule has 36 heavy (non-hydrogen) atoms. The monoisotopic (exact) mass is 508 g/mol. The third kappa shape index (κ3) is 7.32. The first-order valence-electron chi connectivity index (χ1n) is 12.1. The summed E-state index contributed by atoms with van der Waals surface area (Å²) in [6.07, 6.45) is 0. The van der Waals surface area contributed by atoms with Crippen LogP contribution in [-0.4, -0.2) is 48.1 Å². The zero-order chi connectivity index (χ0) is 25.3. The number of carbonyl (C=O) groups is 2.